The van der Waals surface area contributed by atoms with Crippen LogP contribution in [0, 0.1) is 0 Å². The Hall–Kier alpha value is -4.77. The lowest BCUT2D eigenvalue weighted by molar-refractivity contribution is 1.18. The number of hydrogen-bond donors (Lipinski definition) is 0. The van der Waals surface area contributed by atoms with Crippen LogP contribution < -0.4 is 0 Å². The van der Waals surface area contributed by atoms with Crippen LogP contribution in [0.5, 0.6) is 0 Å². The first-order valence-corrected chi connectivity index (χ1v) is 15.4. The second-order valence-corrected chi connectivity index (χ2v) is 12.5. The van der Waals surface area contributed by atoms with Crippen molar-refractivity contribution in [3.05, 3.63) is 133 Å². The van der Waals surface area contributed by atoms with Crippen molar-refractivity contribution in [1.29, 1.82) is 0 Å². The summed E-state index contributed by atoms with van der Waals surface area (Å²) in [5.41, 5.74) is 8.31. The van der Waals surface area contributed by atoms with Gasteiger partial charge in [0.05, 0.1) is 21.3 Å². The SMILES string of the molecule is c1ccc(-c2ccc3sc4ccc5nc(-c6ccc(-n7c8ccccc8c8ccccc87)cc6)sc5c4c3c2)cc1. The molecule has 0 saturated carbocycles. The molecule has 6 aromatic carbocycles. The Morgan fingerprint density at radius 3 is 1.90 bits per heavy atom. The van der Waals surface area contributed by atoms with Crippen molar-refractivity contribution in [2.24, 2.45) is 0 Å². The van der Waals surface area contributed by atoms with E-state index >= 15 is 0 Å². The molecule has 9 aromatic rings. The first kappa shape index (κ1) is 23.0. The van der Waals surface area contributed by atoms with Crippen LogP contribution in [0.4, 0.5) is 0 Å². The zero-order chi connectivity index (χ0) is 26.9. The predicted molar refractivity (Wildman–Crippen MR) is 178 cm³/mol. The van der Waals surface area contributed by atoms with Crippen LogP contribution in [0.3, 0.4) is 0 Å². The fourth-order valence-corrected chi connectivity index (χ4v) is 8.42. The number of para-hydroxylation sites is 2. The van der Waals surface area contributed by atoms with Gasteiger partial charge in [0.2, 0.25) is 0 Å². The van der Waals surface area contributed by atoms with Gasteiger partial charge in [-0.15, -0.1) is 22.7 Å². The largest absolute Gasteiger partial charge is 0.309 e. The molecule has 192 valence electrons. The van der Waals surface area contributed by atoms with E-state index in [1.54, 1.807) is 11.3 Å². The summed E-state index contributed by atoms with van der Waals surface area (Å²) >= 11 is 3.66. The molecule has 0 N–H and O–H groups in total. The molecule has 3 aromatic heterocycles. The van der Waals surface area contributed by atoms with Crippen LogP contribution in [-0.2, 0) is 0 Å². The number of rotatable bonds is 3. The van der Waals surface area contributed by atoms with Gasteiger partial charge in [0.1, 0.15) is 5.01 Å². The van der Waals surface area contributed by atoms with E-state index in [-0.39, 0.29) is 0 Å². The van der Waals surface area contributed by atoms with Crippen LogP contribution in [-0.4, -0.2) is 9.55 Å². The average Bonchev–Trinajstić information content (AvgIpc) is 3.73. The van der Waals surface area contributed by atoms with Gasteiger partial charge in [-0.1, -0.05) is 72.8 Å². The van der Waals surface area contributed by atoms with E-state index < -0.39 is 0 Å². The molecule has 0 atom stereocenters. The maximum Gasteiger partial charge on any atom is 0.124 e. The molecular formula is C37H22N2S2. The van der Waals surface area contributed by atoms with E-state index in [1.165, 1.54) is 57.8 Å². The molecule has 0 spiro atoms. The number of nitrogens with zero attached hydrogens (tertiary/aromatic N) is 2. The van der Waals surface area contributed by atoms with Crippen molar-refractivity contribution in [3.8, 4) is 27.4 Å². The van der Waals surface area contributed by atoms with Crippen molar-refractivity contribution in [3.63, 3.8) is 0 Å². The van der Waals surface area contributed by atoms with Crippen LogP contribution in [0.15, 0.2) is 133 Å². The zero-order valence-corrected chi connectivity index (χ0v) is 23.5. The number of benzene rings is 6. The van der Waals surface area contributed by atoms with Crippen molar-refractivity contribution in [1.82, 2.24) is 9.55 Å². The fourth-order valence-electron chi connectivity index (χ4n) is 6.13. The number of thiazole rings is 1. The van der Waals surface area contributed by atoms with Crippen molar-refractivity contribution in [2.75, 3.05) is 0 Å². The van der Waals surface area contributed by atoms with E-state index in [0.717, 1.165) is 21.8 Å². The van der Waals surface area contributed by atoms with Crippen molar-refractivity contribution < 1.29 is 0 Å². The lowest BCUT2D eigenvalue weighted by atomic mass is 10.0. The summed E-state index contributed by atoms with van der Waals surface area (Å²) in [6, 6.07) is 48.1. The highest BCUT2D eigenvalue weighted by atomic mass is 32.1. The number of fused-ring (bicyclic) bond motifs is 8. The van der Waals surface area contributed by atoms with Gasteiger partial charge in [-0.3, -0.25) is 0 Å². The predicted octanol–water partition coefficient (Wildman–Crippen LogP) is 11.1. The van der Waals surface area contributed by atoms with Crippen LogP contribution in [0.2, 0.25) is 0 Å². The summed E-state index contributed by atoms with van der Waals surface area (Å²) in [7, 11) is 0. The topological polar surface area (TPSA) is 17.8 Å². The molecule has 0 amide bonds. The van der Waals surface area contributed by atoms with Gasteiger partial charge < -0.3 is 4.57 Å². The fraction of sp³-hybridized carbons (Fsp3) is 0. The van der Waals surface area contributed by atoms with Gasteiger partial charge >= 0.3 is 0 Å². The van der Waals surface area contributed by atoms with E-state index in [0.29, 0.717) is 0 Å². The third kappa shape index (κ3) is 3.51. The summed E-state index contributed by atoms with van der Waals surface area (Å²) in [6.07, 6.45) is 0. The second-order valence-electron chi connectivity index (χ2n) is 10.4. The number of aromatic nitrogens is 2. The molecule has 0 bridgehead atoms. The Kier molecular flexibility index (Phi) is 4.97. The smallest absolute Gasteiger partial charge is 0.124 e. The molecule has 2 nitrogen and oxygen atoms in total. The second kappa shape index (κ2) is 8.87. The van der Waals surface area contributed by atoms with Gasteiger partial charge in [-0.05, 0) is 71.8 Å². The summed E-state index contributed by atoms with van der Waals surface area (Å²) in [6.45, 7) is 0. The van der Waals surface area contributed by atoms with Crippen molar-refractivity contribution in [2.45, 2.75) is 0 Å². The highest BCUT2D eigenvalue weighted by Crippen LogP contribution is 2.43. The van der Waals surface area contributed by atoms with Crippen LogP contribution >= 0.6 is 22.7 Å². The maximum absolute atomic E-state index is 5.11. The monoisotopic (exact) mass is 558 g/mol. The highest BCUT2D eigenvalue weighted by molar-refractivity contribution is 7.28. The Morgan fingerprint density at radius 1 is 0.488 bits per heavy atom. The molecule has 4 heteroatoms. The minimum atomic E-state index is 1.06. The normalized spacial score (nSPS) is 11.9. The molecule has 0 aliphatic rings. The van der Waals surface area contributed by atoms with Crippen LogP contribution in [0.25, 0.3) is 79.6 Å². The maximum atomic E-state index is 5.11. The Bertz CT molecular complexity index is 2350. The highest BCUT2D eigenvalue weighted by Gasteiger charge is 2.16. The molecule has 0 aliphatic carbocycles. The molecule has 0 fully saturated rings. The molecule has 9 rings (SSSR count). The standard InChI is InChI=1S/C37H22N2S2/c1-2-8-23(9-3-1)25-16-20-33-29(22-25)35-34(40-33)21-19-30-36(35)41-37(38-30)24-14-17-26(18-15-24)39-31-12-6-4-10-27(31)28-11-5-7-13-32(28)39/h1-22H. The van der Waals surface area contributed by atoms with Crippen molar-refractivity contribution >= 4 is 74.9 Å². The molecule has 0 radical (unpaired) electrons. The first-order valence-electron chi connectivity index (χ1n) is 13.7. The third-order valence-corrected chi connectivity index (χ3v) is 10.3. The Morgan fingerprint density at radius 2 is 1.15 bits per heavy atom. The van der Waals surface area contributed by atoms with Crippen LogP contribution in [0.1, 0.15) is 0 Å². The van der Waals surface area contributed by atoms with E-state index in [9.17, 15) is 0 Å². The van der Waals surface area contributed by atoms with Gasteiger partial charge in [0.25, 0.3) is 0 Å². The molecular weight excluding hydrogens is 537 g/mol. The summed E-state index contributed by atoms with van der Waals surface area (Å²) in [5.74, 6) is 0. The van der Waals surface area contributed by atoms with Gasteiger partial charge in [-0.2, -0.15) is 0 Å². The van der Waals surface area contributed by atoms with E-state index in [2.05, 4.69) is 138 Å². The summed E-state index contributed by atoms with van der Waals surface area (Å²) < 4.78 is 6.26. The average molecular weight is 559 g/mol. The van der Waals surface area contributed by atoms with Gasteiger partial charge in [0, 0.05) is 42.2 Å². The first-order chi connectivity index (χ1) is 20.3. The molecule has 0 saturated heterocycles. The third-order valence-electron chi connectivity index (χ3n) is 8.05. The molecule has 0 aliphatic heterocycles. The van der Waals surface area contributed by atoms with Gasteiger partial charge in [0.15, 0.2) is 0 Å². The Balaban J connectivity index is 1.18. The van der Waals surface area contributed by atoms with Gasteiger partial charge in [-0.25, -0.2) is 4.98 Å². The quantitative estimate of drug-likeness (QED) is 0.211. The van der Waals surface area contributed by atoms with E-state index in [4.69, 9.17) is 4.98 Å². The van der Waals surface area contributed by atoms with E-state index in [1.807, 2.05) is 11.3 Å². The summed E-state index contributed by atoms with van der Waals surface area (Å²) in [4.78, 5) is 5.11. The minimum absolute atomic E-state index is 1.06. The minimum Gasteiger partial charge on any atom is -0.309 e. The molecule has 41 heavy (non-hydrogen) atoms. The lowest BCUT2D eigenvalue weighted by Gasteiger charge is -2.08. The molecule has 3 heterocycles. The zero-order valence-electron chi connectivity index (χ0n) is 21.9. The molecule has 0 unspecified atom stereocenters. The number of hydrogen-bond acceptors (Lipinski definition) is 3. The Labute approximate surface area is 244 Å². The summed E-state index contributed by atoms with van der Waals surface area (Å²) in [5, 5.41) is 6.25. The number of thiophene rings is 1. The lowest BCUT2D eigenvalue weighted by Crippen LogP contribution is -1.93.